The Bertz CT molecular complexity index is 1330. The van der Waals surface area contributed by atoms with Crippen LogP contribution in [0.3, 0.4) is 0 Å². The molecular formula is C23H23FN4O2. The number of halogens is 1. The van der Waals surface area contributed by atoms with Gasteiger partial charge in [-0.15, -0.1) is 0 Å². The Morgan fingerprint density at radius 2 is 1.60 bits per heavy atom. The first-order valence-corrected chi connectivity index (χ1v) is 9.43. The number of benzene rings is 1. The zero-order chi connectivity index (χ0) is 21.7. The van der Waals surface area contributed by atoms with Gasteiger partial charge in [0.25, 0.3) is 11.1 Å². The Hall–Kier alpha value is -3.74. The van der Waals surface area contributed by atoms with E-state index in [0.29, 0.717) is 5.56 Å². The summed E-state index contributed by atoms with van der Waals surface area (Å²) in [5, 5.41) is 0.242. The van der Waals surface area contributed by atoms with Crippen LogP contribution in [-0.4, -0.2) is 19.9 Å². The third-order valence-electron chi connectivity index (χ3n) is 4.32. The van der Waals surface area contributed by atoms with Crippen molar-refractivity contribution in [1.29, 1.82) is 0 Å². The minimum absolute atomic E-state index is 0.0987. The van der Waals surface area contributed by atoms with Crippen LogP contribution >= 0.6 is 0 Å². The zero-order valence-corrected chi connectivity index (χ0v) is 17.0. The molecule has 154 valence electrons. The summed E-state index contributed by atoms with van der Waals surface area (Å²) in [6.45, 7) is 6.21. The maximum absolute atomic E-state index is 13.2. The van der Waals surface area contributed by atoms with Crippen LogP contribution in [-0.2, 0) is 5.41 Å². The second-order valence-electron chi connectivity index (χ2n) is 7.75. The van der Waals surface area contributed by atoms with Crippen LogP contribution in [0, 0.1) is 5.82 Å². The summed E-state index contributed by atoms with van der Waals surface area (Å²) in [6.07, 6.45) is 11.3. The van der Waals surface area contributed by atoms with Crippen LogP contribution in [0.5, 0.6) is 0 Å². The summed E-state index contributed by atoms with van der Waals surface area (Å²) in [5.74, 6) is -0.346. The molecule has 0 unspecified atom stereocenters. The van der Waals surface area contributed by atoms with Gasteiger partial charge in [-0.3, -0.25) is 9.59 Å². The molecule has 0 bridgehead atoms. The largest absolute Gasteiger partial charge is 0.348 e. The normalized spacial score (nSPS) is 13.7. The quantitative estimate of drug-likeness (QED) is 0.620. The second-order valence-corrected chi connectivity index (χ2v) is 7.75. The summed E-state index contributed by atoms with van der Waals surface area (Å²) in [7, 11) is 0. The molecule has 0 aliphatic rings. The highest BCUT2D eigenvalue weighted by atomic mass is 19.1. The molecule has 6 nitrogen and oxygen atoms in total. The standard InChI is InChI=1S/C23H23FN4O2/c1-23(2,3)20-17(25-14-26-20)10-6-12-19-22(30)27-18(21(29)28-19)11-5-8-15-7-4-9-16(24)13-15/h4-14H,1-3H3,(H,25,26)(H,27,30)(H,28,29)/b8-5+,10-6+,18-11-,19-12-. The molecule has 3 aromatic rings. The van der Waals surface area contributed by atoms with E-state index < -0.39 is 11.1 Å². The number of imidazole rings is 1. The lowest BCUT2D eigenvalue weighted by molar-refractivity contribution is 0.571. The summed E-state index contributed by atoms with van der Waals surface area (Å²) in [5.41, 5.74) is 1.43. The van der Waals surface area contributed by atoms with Crippen LogP contribution in [0.2, 0.25) is 0 Å². The summed E-state index contributed by atoms with van der Waals surface area (Å²) >= 11 is 0. The summed E-state index contributed by atoms with van der Waals surface area (Å²) in [6, 6.07) is 6.04. The Morgan fingerprint density at radius 3 is 2.20 bits per heavy atom. The van der Waals surface area contributed by atoms with Crippen molar-refractivity contribution in [2.45, 2.75) is 26.2 Å². The minimum Gasteiger partial charge on any atom is -0.348 e. The fraction of sp³-hybridized carbons (Fsp3) is 0.174. The van der Waals surface area contributed by atoms with Crippen molar-refractivity contribution in [1.82, 2.24) is 19.9 Å². The Labute approximate surface area is 172 Å². The van der Waals surface area contributed by atoms with Gasteiger partial charge in [0.05, 0.1) is 12.0 Å². The van der Waals surface area contributed by atoms with Crippen LogP contribution in [0.4, 0.5) is 4.39 Å². The highest BCUT2D eigenvalue weighted by molar-refractivity contribution is 5.58. The number of rotatable bonds is 4. The molecule has 0 radical (unpaired) electrons. The molecule has 1 aromatic carbocycles. The lowest BCUT2D eigenvalue weighted by Gasteiger charge is -2.16. The van der Waals surface area contributed by atoms with E-state index in [4.69, 9.17) is 0 Å². The average Bonchev–Trinajstić information content (AvgIpc) is 3.14. The molecule has 3 rings (SSSR count). The maximum atomic E-state index is 13.2. The van der Waals surface area contributed by atoms with Crippen molar-refractivity contribution < 1.29 is 4.39 Å². The first-order valence-electron chi connectivity index (χ1n) is 9.43. The zero-order valence-electron chi connectivity index (χ0n) is 17.0. The molecule has 7 heteroatoms. The van der Waals surface area contributed by atoms with Gasteiger partial charge in [-0.1, -0.05) is 51.1 Å². The molecule has 0 amide bonds. The lowest BCUT2D eigenvalue weighted by atomic mass is 9.90. The Kier molecular flexibility index (Phi) is 6.11. The minimum atomic E-state index is -0.437. The van der Waals surface area contributed by atoms with Crippen molar-refractivity contribution in [3.63, 3.8) is 0 Å². The predicted octanol–water partition coefficient (Wildman–Crippen LogP) is 2.21. The molecule has 0 aliphatic heterocycles. The molecule has 2 aromatic heterocycles. The number of aromatic amines is 3. The van der Waals surface area contributed by atoms with Gasteiger partial charge < -0.3 is 15.0 Å². The summed E-state index contributed by atoms with van der Waals surface area (Å²) < 4.78 is 13.2. The van der Waals surface area contributed by atoms with Crippen molar-refractivity contribution in [3.05, 3.63) is 96.9 Å². The van der Waals surface area contributed by atoms with Crippen LogP contribution in [0.15, 0.2) is 52.3 Å². The van der Waals surface area contributed by atoms with Crippen molar-refractivity contribution >= 4 is 24.3 Å². The van der Waals surface area contributed by atoms with Crippen LogP contribution in [0.25, 0.3) is 24.3 Å². The summed E-state index contributed by atoms with van der Waals surface area (Å²) in [4.78, 5) is 37.1. The van der Waals surface area contributed by atoms with Crippen molar-refractivity contribution in [2.24, 2.45) is 0 Å². The highest BCUT2D eigenvalue weighted by Gasteiger charge is 2.18. The first kappa shape index (κ1) is 21.0. The van der Waals surface area contributed by atoms with E-state index in [-0.39, 0.29) is 21.9 Å². The van der Waals surface area contributed by atoms with E-state index in [9.17, 15) is 14.0 Å². The van der Waals surface area contributed by atoms with E-state index in [1.165, 1.54) is 24.3 Å². The third-order valence-corrected chi connectivity index (χ3v) is 4.32. The smallest absolute Gasteiger partial charge is 0.272 e. The fourth-order valence-electron chi connectivity index (χ4n) is 2.86. The number of H-pyrrole nitrogens is 3. The molecule has 0 saturated carbocycles. The third kappa shape index (κ3) is 5.20. The molecule has 0 fully saturated rings. The van der Waals surface area contributed by atoms with E-state index in [2.05, 4.69) is 40.7 Å². The number of aromatic nitrogens is 4. The fourth-order valence-corrected chi connectivity index (χ4v) is 2.86. The van der Waals surface area contributed by atoms with Gasteiger partial charge in [0, 0.05) is 11.1 Å². The van der Waals surface area contributed by atoms with Gasteiger partial charge in [0.2, 0.25) is 0 Å². The SMILES string of the molecule is CC(C)(C)c1[nH]cnc1/C=C/C=c1\[nH]c(=O)/c(=C/C=C/c2cccc(F)c2)[nH]c1=O. The Balaban J connectivity index is 1.87. The number of hydrogen-bond acceptors (Lipinski definition) is 3. The number of allylic oxidation sites excluding steroid dienone is 2. The topological polar surface area (TPSA) is 94.4 Å². The molecule has 0 saturated heterocycles. The van der Waals surface area contributed by atoms with Gasteiger partial charge in [-0.25, -0.2) is 9.37 Å². The first-order chi connectivity index (χ1) is 14.2. The Morgan fingerprint density at radius 1 is 0.967 bits per heavy atom. The van der Waals surface area contributed by atoms with E-state index in [0.717, 1.165) is 11.4 Å². The second kappa shape index (κ2) is 8.73. The van der Waals surface area contributed by atoms with Gasteiger partial charge in [0.1, 0.15) is 16.5 Å². The molecule has 30 heavy (non-hydrogen) atoms. The van der Waals surface area contributed by atoms with Crippen molar-refractivity contribution in [2.75, 3.05) is 0 Å². The van der Waals surface area contributed by atoms with E-state index in [1.807, 2.05) is 0 Å². The van der Waals surface area contributed by atoms with Crippen LogP contribution in [0.1, 0.15) is 37.7 Å². The van der Waals surface area contributed by atoms with Gasteiger partial charge in [-0.05, 0) is 35.9 Å². The monoisotopic (exact) mass is 406 g/mol. The van der Waals surface area contributed by atoms with E-state index >= 15 is 0 Å². The predicted molar refractivity (Wildman–Crippen MR) is 118 cm³/mol. The molecular weight excluding hydrogens is 383 g/mol. The maximum Gasteiger partial charge on any atom is 0.272 e. The highest BCUT2D eigenvalue weighted by Crippen LogP contribution is 2.23. The molecule has 0 spiro atoms. The van der Waals surface area contributed by atoms with Gasteiger partial charge in [0.15, 0.2) is 0 Å². The van der Waals surface area contributed by atoms with Gasteiger partial charge in [-0.2, -0.15) is 0 Å². The molecule has 3 N–H and O–H groups in total. The molecule has 2 heterocycles. The number of nitrogens with zero attached hydrogens (tertiary/aromatic N) is 1. The van der Waals surface area contributed by atoms with Crippen LogP contribution < -0.4 is 21.8 Å². The van der Waals surface area contributed by atoms with Crippen molar-refractivity contribution in [3.8, 4) is 0 Å². The molecule has 0 atom stereocenters. The average molecular weight is 406 g/mol. The van der Waals surface area contributed by atoms with Gasteiger partial charge >= 0.3 is 0 Å². The number of hydrogen-bond donors (Lipinski definition) is 3. The lowest BCUT2D eigenvalue weighted by Crippen LogP contribution is -2.46. The number of nitrogens with one attached hydrogen (secondary N) is 3. The molecule has 0 aliphatic carbocycles. The van der Waals surface area contributed by atoms with E-state index in [1.54, 1.807) is 42.8 Å².